The van der Waals surface area contributed by atoms with E-state index in [1.54, 1.807) is 18.4 Å². The third kappa shape index (κ3) is 4.07. The molecule has 0 amide bonds. The van der Waals surface area contributed by atoms with Gasteiger partial charge < -0.3 is 14.8 Å². The molecule has 0 saturated carbocycles. The van der Waals surface area contributed by atoms with Crippen LogP contribution in [0.2, 0.25) is 0 Å². The number of aromatic nitrogens is 1. The van der Waals surface area contributed by atoms with E-state index in [0.29, 0.717) is 24.4 Å². The zero-order valence-corrected chi connectivity index (χ0v) is 13.2. The zero-order valence-electron chi connectivity index (χ0n) is 13.2. The molecule has 3 rings (SSSR count). The highest BCUT2D eigenvalue weighted by Gasteiger charge is 2.12. The first-order valence-electron chi connectivity index (χ1n) is 7.86. The predicted molar refractivity (Wildman–Crippen MR) is 89.6 cm³/mol. The fraction of sp³-hybridized carbons (Fsp3) is 0.211. The van der Waals surface area contributed by atoms with Gasteiger partial charge >= 0.3 is 0 Å². The first kappa shape index (κ1) is 16.4. The van der Waals surface area contributed by atoms with Crippen LogP contribution in [0.1, 0.15) is 23.7 Å². The van der Waals surface area contributed by atoms with Gasteiger partial charge in [-0.05, 0) is 30.2 Å². The van der Waals surface area contributed by atoms with E-state index in [1.807, 2.05) is 30.3 Å². The Morgan fingerprint density at radius 1 is 1.12 bits per heavy atom. The lowest BCUT2D eigenvalue weighted by Crippen LogP contribution is -2.22. The van der Waals surface area contributed by atoms with Gasteiger partial charge in [-0.25, -0.2) is 9.37 Å². The van der Waals surface area contributed by atoms with Gasteiger partial charge in [0.25, 0.3) is 0 Å². The van der Waals surface area contributed by atoms with Crippen molar-refractivity contribution < 1.29 is 13.9 Å². The van der Waals surface area contributed by atoms with Crippen LogP contribution in [0.15, 0.2) is 65.3 Å². The van der Waals surface area contributed by atoms with Crippen LogP contribution in [0.5, 0.6) is 0 Å². The SMILES string of the molecule is OCCC(NCc1coc(-c2cccc(F)c2)n1)c1ccccc1. The van der Waals surface area contributed by atoms with Crippen LogP contribution in [0.25, 0.3) is 11.5 Å². The number of hydrogen-bond acceptors (Lipinski definition) is 4. The van der Waals surface area contributed by atoms with Gasteiger partial charge in [0.15, 0.2) is 0 Å². The molecule has 1 atom stereocenters. The molecule has 0 aliphatic carbocycles. The number of aliphatic hydroxyl groups excluding tert-OH is 1. The van der Waals surface area contributed by atoms with E-state index >= 15 is 0 Å². The molecule has 1 heterocycles. The van der Waals surface area contributed by atoms with Crippen LogP contribution in [0, 0.1) is 5.82 Å². The summed E-state index contributed by atoms with van der Waals surface area (Å²) in [6.07, 6.45) is 2.17. The minimum Gasteiger partial charge on any atom is -0.444 e. The minimum absolute atomic E-state index is 0.0329. The third-order valence-electron chi connectivity index (χ3n) is 3.77. The van der Waals surface area contributed by atoms with Gasteiger partial charge in [0.2, 0.25) is 5.89 Å². The topological polar surface area (TPSA) is 58.3 Å². The van der Waals surface area contributed by atoms with E-state index in [4.69, 9.17) is 4.42 Å². The highest BCUT2D eigenvalue weighted by Crippen LogP contribution is 2.21. The molecular weight excluding hydrogens is 307 g/mol. The standard InChI is InChI=1S/C19H19FN2O2/c20-16-8-4-7-15(11-16)19-22-17(13-24-19)12-21-18(9-10-23)14-5-2-1-3-6-14/h1-8,11,13,18,21,23H,9-10,12H2. The van der Waals surface area contributed by atoms with E-state index in [9.17, 15) is 9.50 Å². The van der Waals surface area contributed by atoms with Gasteiger partial charge in [0.05, 0.1) is 5.69 Å². The molecule has 0 bridgehead atoms. The smallest absolute Gasteiger partial charge is 0.226 e. The lowest BCUT2D eigenvalue weighted by molar-refractivity contribution is 0.265. The van der Waals surface area contributed by atoms with Crippen LogP contribution in [-0.4, -0.2) is 16.7 Å². The molecule has 24 heavy (non-hydrogen) atoms. The molecule has 0 saturated heterocycles. The average Bonchev–Trinajstić information content (AvgIpc) is 3.08. The van der Waals surface area contributed by atoms with Crippen molar-refractivity contribution in [3.05, 3.63) is 77.9 Å². The first-order valence-corrected chi connectivity index (χ1v) is 7.86. The summed E-state index contributed by atoms with van der Waals surface area (Å²) in [5.74, 6) is 0.0715. The van der Waals surface area contributed by atoms with Crippen LogP contribution >= 0.6 is 0 Å². The van der Waals surface area contributed by atoms with E-state index in [1.165, 1.54) is 12.1 Å². The van der Waals surface area contributed by atoms with Crippen molar-refractivity contribution in [2.24, 2.45) is 0 Å². The fourth-order valence-corrected chi connectivity index (χ4v) is 2.57. The maximum atomic E-state index is 13.3. The van der Waals surface area contributed by atoms with Crippen molar-refractivity contribution in [3.8, 4) is 11.5 Å². The molecule has 2 N–H and O–H groups in total. The summed E-state index contributed by atoms with van der Waals surface area (Å²) in [7, 11) is 0. The Bertz CT molecular complexity index is 774. The lowest BCUT2D eigenvalue weighted by atomic mass is 10.0. The summed E-state index contributed by atoms with van der Waals surface area (Å²) in [6.45, 7) is 0.596. The van der Waals surface area contributed by atoms with Crippen molar-refractivity contribution in [3.63, 3.8) is 0 Å². The molecule has 0 aliphatic rings. The normalized spacial score (nSPS) is 12.2. The van der Waals surface area contributed by atoms with Crippen LogP contribution in [-0.2, 0) is 6.54 Å². The second-order valence-electron chi connectivity index (χ2n) is 5.51. The van der Waals surface area contributed by atoms with Crippen molar-refractivity contribution >= 4 is 0 Å². The van der Waals surface area contributed by atoms with Gasteiger partial charge in [0.1, 0.15) is 12.1 Å². The molecule has 0 aliphatic heterocycles. The Kier molecular flexibility index (Phi) is 5.36. The van der Waals surface area contributed by atoms with Gasteiger partial charge in [0, 0.05) is 24.8 Å². The molecule has 2 aromatic carbocycles. The fourth-order valence-electron chi connectivity index (χ4n) is 2.57. The highest BCUT2D eigenvalue weighted by atomic mass is 19.1. The number of rotatable bonds is 7. The number of oxazole rings is 1. The van der Waals surface area contributed by atoms with Crippen molar-refractivity contribution in [2.45, 2.75) is 19.0 Å². The second-order valence-corrected chi connectivity index (χ2v) is 5.51. The Morgan fingerprint density at radius 2 is 1.96 bits per heavy atom. The second kappa shape index (κ2) is 7.86. The largest absolute Gasteiger partial charge is 0.444 e. The van der Waals surface area contributed by atoms with Crippen molar-refractivity contribution in [1.82, 2.24) is 10.3 Å². The summed E-state index contributed by atoms with van der Waals surface area (Å²) >= 11 is 0. The molecule has 5 heteroatoms. The summed E-state index contributed by atoms with van der Waals surface area (Å²) < 4.78 is 18.7. The lowest BCUT2D eigenvalue weighted by Gasteiger charge is -2.17. The molecule has 0 fully saturated rings. The molecule has 0 radical (unpaired) electrons. The van der Waals surface area contributed by atoms with E-state index in [0.717, 1.165) is 11.3 Å². The number of halogens is 1. The van der Waals surface area contributed by atoms with Gasteiger partial charge in [-0.3, -0.25) is 0 Å². The number of nitrogens with one attached hydrogen (secondary N) is 1. The third-order valence-corrected chi connectivity index (χ3v) is 3.77. The summed E-state index contributed by atoms with van der Waals surface area (Å²) in [4.78, 5) is 4.39. The molecule has 1 aromatic heterocycles. The molecule has 124 valence electrons. The van der Waals surface area contributed by atoms with E-state index < -0.39 is 0 Å². The van der Waals surface area contributed by atoms with E-state index in [2.05, 4.69) is 10.3 Å². The maximum absolute atomic E-state index is 13.3. The Balaban J connectivity index is 1.68. The first-order chi connectivity index (χ1) is 11.8. The van der Waals surface area contributed by atoms with Crippen LogP contribution in [0.4, 0.5) is 4.39 Å². The number of benzene rings is 2. The molecule has 1 unspecified atom stereocenters. The monoisotopic (exact) mass is 326 g/mol. The number of nitrogens with zero attached hydrogens (tertiary/aromatic N) is 1. The molecule has 0 spiro atoms. The van der Waals surface area contributed by atoms with Crippen molar-refractivity contribution in [2.75, 3.05) is 6.61 Å². The Morgan fingerprint density at radius 3 is 2.71 bits per heavy atom. The highest BCUT2D eigenvalue weighted by molar-refractivity contribution is 5.52. The molecular formula is C19H19FN2O2. The molecule has 4 nitrogen and oxygen atoms in total. The van der Waals surface area contributed by atoms with Crippen LogP contribution < -0.4 is 5.32 Å². The maximum Gasteiger partial charge on any atom is 0.226 e. The number of hydrogen-bond donors (Lipinski definition) is 2. The predicted octanol–water partition coefficient (Wildman–Crippen LogP) is 3.69. The quantitative estimate of drug-likeness (QED) is 0.695. The van der Waals surface area contributed by atoms with Gasteiger partial charge in [-0.1, -0.05) is 36.4 Å². The van der Waals surface area contributed by atoms with Crippen LogP contribution in [0.3, 0.4) is 0 Å². The Hall–Kier alpha value is -2.50. The summed E-state index contributed by atoms with van der Waals surface area (Å²) in [6, 6.07) is 16.1. The van der Waals surface area contributed by atoms with Gasteiger partial charge in [-0.15, -0.1) is 0 Å². The van der Waals surface area contributed by atoms with E-state index in [-0.39, 0.29) is 18.5 Å². The zero-order chi connectivity index (χ0) is 16.8. The molecule has 3 aromatic rings. The average molecular weight is 326 g/mol. The number of aliphatic hydroxyl groups is 1. The van der Waals surface area contributed by atoms with Crippen molar-refractivity contribution in [1.29, 1.82) is 0 Å². The Labute approximate surface area is 140 Å². The summed E-state index contributed by atoms with van der Waals surface area (Å²) in [5, 5.41) is 12.6. The summed E-state index contributed by atoms with van der Waals surface area (Å²) in [5.41, 5.74) is 2.45. The van der Waals surface area contributed by atoms with Gasteiger partial charge in [-0.2, -0.15) is 0 Å². The minimum atomic E-state index is -0.322.